The lowest BCUT2D eigenvalue weighted by atomic mass is 10.1. The fraction of sp³-hybridized carbons (Fsp3) is 0.571. The van der Waals surface area contributed by atoms with Crippen molar-refractivity contribution in [3.8, 4) is 0 Å². The van der Waals surface area contributed by atoms with Crippen molar-refractivity contribution >= 4 is 0 Å². The zero-order valence-electron chi connectivity index (χ0n) is 11.3. The third-order valence-corrected chi connectivity index (χ3v) is 2.92. The van der Waals surface area contributed by atoms with E-state index >= 15 is 0 Å². The highest BCUT2D eigenvalue weighted by molar-refractivity contribution is 5.22. The Hall–Kier alpha value is -1.00. The summed E-state index contributed by atoms with van der Waals surface area (Å²) in [5.41, 5.74) is 0.130. The Balaban J connectivity index is 2.39. The molecular formula is C14H22F2N2. The van der Waals surface area contributed by atoms with Gasteiger partial charge in [-0.15, -0.1) is 0 Å². The van der Waals surface area contributed by atoms with Crippen LogP contribution in [0.2, 0.25) is 0 Å². The summed E-state index contributed by atoms with van der Waals surface area (Å²) in [6.07, 6.45) is 2.07. The van der Waals surface area contributed by atoms with Gasteiger partial charge in [-0.25, -0.2) is 8.78 Å². The second kappa shape index (κ2) is 7.44. The predicted molar refractivity (Wildman–Crippen MR) is 70.6 cm³/mol. The van der Waals surface area contributed by atoms with E-state index in [1.54, 1.807) is 6.92 Å². The lowest BCUT2D eigenvalue weighted by Gasteiger charge is -2.16. The minimum absolute atomic E-state index is 0.130. The minimum Gasteiger partial charge on any atom is -0.310 e. The zero-order valence-corrected chi connectivity index (χ0v) is 11.3. The van der Waals surface area contributed by atoms with Crippen LogP contribution in [0, 0.1) is 11.6 Å². The van der Waals surface area contributed by atoms with E-state index < -0.39 is 11.6 Å². The number of benzene rings is 1. The molecule has 18 heavy (non-hydrogen) atoms. The number of nitrogens with one attached hydrogen (secondary N) is 1. The van der Waals surface area contributed by atoms with Crippen LogP contribution in [0.1, 0.15) is 31.4 Å². The third kappa shape index (κ3) is 4.70. The summed E-state index contributed by atoms with van der Waals surface area (Å²) >= 11 is 0. The van der Waals surface area contributed by atoms with Crippen LogP contribution in [0.15, 0.2) is 18.2 Å². The SMILES string of the molecule is CC(NCCCCN(C)C)c1c(F)cccc1F. The molecule has 0 aliphatic carbocycles. The van der Waals surface area contributed by atoms with E-state index in [0.717, 1.165) is 25.9 Å². The van der Waals surface area contributed by atoms with E-state index in [-0.39, 0.29) is 11.6 Å². The first-order valence-corrected chi connectivity index (χ1v) is 6.34. The monoisotopic (exact) mass is 256 g/mol. The molecule has 0 saturated carbocycles. The highest BCUT2D eigenvalue weighted by Gasteiger charge is 2.14. The Labute approximate surface area is 108 Å². The molecule has 4 heteroatoms. The highest BCUT2D eigenvalue weighted by atomic mass is 19.1. The fourth-order valence-corrected chi connectivity index (χ4v) is 1.90. The molecule has 0 amide bonds. The van der Waals surface area contributed by atoms with Crippen molar-refractivity contribution in [3.63, 3.8) is 0 Å². The molecule has 102 valence electrons. The van der Waals surface area contributed by atoms with Gasteiger partial charge >= 0.3 is 0 Å². The topological polar surface area (TPSA) is 15.3 Å². The van der Waals surface area contributed by atoms with Gasteiger partial charge in [0.2, 0.25) is 0 Å². The number of nitrogens with zero attached hydrogens (tertiary/aromatic N) is 1. The normalized spacial score (nSPS) is 13.0. The maximum Gasteiger partial charge on any atom is 0.130 e. The van der Waals surface area contributed by atoms with Crippen LogP contribution in [0.4, 0.5) is 8.78 Å². The van der Waals surface area contributed by atoms with E-state index in [1.807, 2.05) is 14.1 Å². The number of hydrogen-bond acceptors (Lipinski definition) is 2. The van der Waals surface area contributed by atoms with Gasteiger partial charge in [0, 0.05) is 11.6 Å². The van der Waals surface area contributed by atoms with Gasteiger partial charge in [0.25, 0.3) is 0 Å². The van der Waals surface area contributed by atoms with Crippen LogP contribution >= 0.6 is 0 Å². The van der Waals surface area contributed by atoms with Crippen molar-refractivity contribution in [2.24, 2.45) is 0 Å². The van der Waals surface area contributed by atoms with Crippen molar-refractivity contribution in [1.82, 2.24) is 10.2 Å². The van der Waals surface area contributed by atoms with Crippen molar-refractivity contribution < 1.29 is 8.78 Å². The third-order valence-electron chi connectivity index (χ3n) is 2.92. The highest BCUT2D eigenvalue weighted by Crippen LogP contribution is 2.20. The zero-order chi connectivity index (χ0) is 13.5. The summed E-state index contributed by atoms with van der Waals surface area (Å²) in [6, 6.07) is 3.68. The second-order valence-electron chi connectivity index (χ2n) is 4.82. The molecule has 0 radical (unpaired) electrons. The average Bonchev–Trinajstić information content (AvgIpc) is 2.27. The van der Waals surface area contributed by atoms with E-state index in [0.29, 0.717) is 0 Å². The molecule has 1 aromatic carbocycles. The summed E-state index contributed by atoms with van der Waals surface area (Å²) in [6.45, 7) is 3.58. The van der Waals surface area contributed by atoms with Gasteiger partial charge in [-0.3, -0.25) is 0 Å². The summed E-state index contributed by atoms with van der Waals surface area (Å²) in [4.78, 5) is 2.12. The molecule has 2 nitrogen and oxygen atoms in total. The lowest BCUT2D eigenvalue weighted by Crippen LogP contribution is -2.23. The fourth-order valence-electron chi connectivity index (χ4n) is 1.90. The van der Waals surface area contributed by atoms with Crippen molar-refractivity contribution in [3.05, 3.63) is 35.4 Å². The molecule has 1 unspecified atom stereocenters. The van der Waals surface area contributed by atoms with Crippen LogP contribution in [-0.2, 0) is 0 Å². The Morgan fingerprint density at radius 1 is 1.17 bits per heavy atom. The Morgan fingerprint density at radius 2 is 1.78 bits per heavy atom. The molecule has 0 bridgehead atoms. The second-order valence-corrected chi connectivity index (χ2v) is 4.82. The summed E-state index contributed by atoms with van der Waals surface area (Å²) in [5.74, 6) is -0.966. The van der Waals surface area contributed by atoms with Gasteiger partial charge in [-0.2, -0.15) is 0 Å². The van der Waals surface area contributed by atoms with Crippen LogP contribution in [-0.4, -0.2) is 32.1 Å². The average molecular weight is 256 g/mol. The molecule has 1 rings (SSSR count). The molecule has 0 aliphatic heterocycles. The molecule has 0 saturated heterocycles. The number of unbranched alkanes of at least 4 members (excludes halogenated alkanes) is 1. The van der Waals surface area contributed by atoms with Gasteiger partial charge in [0.15, 0.2) is 0 Å². The maximum atomic E-state index is 13.5. The Morgan fingerprint density at radius 3 is 2.33 bits per heavy atom. The smallest absolute Gasteiger partial charge is 0.130 e. The first-order valence-electron chi connectivity index (χ1n) is 6.34. The Bertz CT molecular complexity index is 347. The molecule has 0 heterocycles. The summed E-state index contributed by atoms with van der Waals surface area (Å²) in [7, 11) is 4.07. The standard InChI is InChI=1S/C14H22F2N2/c1-11(17-9-4-5-10-18(2)3)14-12(15)7-6-8-13(14)16/h6-8,11,17H,4-5,9-10H2,1-3H3. The van der Waals surface area contributed by atoms with Gasteiger partial charge in [0.05, 0.1) is 0 Å². The molecule has 0 aliphatic rings. The van der Waals surface area contributed by atoms with Gasteiger partial charge < -0.3 is 10.2 Å². The predicted octanol–water partition coefficient (Wildman–Crippen LogP) is 2.96. The van der Waals surface area contributed by atoms with E-state index in [9.17, 15) is 8.78 Å². The molecule has 0 fully saturated rings. The number of hydrogen-bond donors (Lipinski definition) is 1. The van der Waals surface area contributed by atoms with E-state index in [4.69, 9.17) is 0 Å². The van der Waals surface area contributed by atoms with Crippen LogP contribution in [0.3, 0.4) is 0 Å². The van der Waals surface area contributed by atoms with Crippen molar-refractivity contribution in [1.29, 1.82) is 0 Å². The Kier molecular flexibility index (Phi) is 6.22. The summed E-state index contributed by atoms with van der Waals surface area (Å²) in [5, 5.41) is 3.16. The molecule has 1 aromatic rings. The quantitative estimate of drug-likeness (QED) is 0.755. The lowest BCUT2D eigenvalue weighted by molar-refractivity contribution is 0.387. The molecular weight excluding hydrogens is 234 g/mol. The van der Waals surface area contributed by atoms with Crippen molar-refractivity contribution in [2.45, 2.75) is 25.8 Å². The van der Waals surface area contributed by atoms with Gasteiger partial charge in [-0.05, 0) is 59.1 Å². The van der Waals surface area contributed by atoms with E-state index in [1.165, 1.54) is 18.2 Å². The maximum absolute atomic E-state index is 13.5. The van der Waals surface area contributed by atoms with Crippen LogP contribution in [0.25, 0.3) is 0 Å². The number of halogens is 2. The molecule has 1 atom stereocenters. The summed E-state index contributed by atoms with van der Waals surface area (Å²) < 4.78 is 27.0. The van der Waals surface area contributed by atoms with Gasteiger partial charge in [-0.1, -0.05) is 6.07 Å². The number of rotatable bonds is 7. The molecule has 1 N–H and O–H groups in total. The van der Waals surface area contributed by atoms with Crippen LogP contribution in [0.5, 0.6) is 0 Å². The first kappa shape index (κ1) is 15.1. The molecule has 0 spiro atoms. The largest absolute Gasteiger partial charge is 0.310 e. The van der Waals surface area contributed by atoms with Crippen LogP contribution < -0.4 is 5.32 Å². The minimum atomic E-state index is -0.483. The van der Waals surface area contributed by atoms with Gasteiger partial charge in [0.1, 0.15) is 11.6 Å². The first-order chi connectivity index (χ1) is 8.52. The molecule has 0 aromatic heterocycles. The van der Waals surface area contributed by atoms with E-state index in [2.05, 4.69) is 10.2 Å². The van der Waals surface area contributed by atoms with Crippen molar-refractivity contribution in [2.75, 3.05) is 27.2 Å².